The van der Waals surface area contributed by atoms with Crippen LogP contribution in [0.2, 0.25) is 0 Å². The van der Waals surface area contributed by atoms with Gasteiger partial charge in [-0.2, -0.15) is 0 Å². The Labute approximate surface area is 117 Å². The van der Waals surface area contributed by atoms with Gasteiger partial charge in [-0.25, -0.2) is 5.48 Å². The summed E-state index contributed by atoms with van der Waals surface area (Å²) in [6, 6.07) is 0. The first-order chi connectivity index (χ1) is 8.95. The van der Waals surface area contributed by atoms with Crippen molar-refractivity contribution in [3.05, 3.63) is 0 Å². The van der Waals surface area contributed by atoms with Gasteiger partial charge in [-0.05, 0) is 34.6 Å². The van der Waals surface area contributed by atoms with Crippen LogP contribution in [0.4, 0.5) is 0 Å². The van der Waals surface area contributed by atoms with Gasteiger partial charge in [0.25, 0.3) is 0 Å². The number of nitrogens with one attached hydrogen (secondary N) is 1. The number of hydroxylamine groups is 1. The Morgan fingerprint density at radius 1 is 0.895 bits per heavy atom. The second-order valence-electron chi connectivity index (χ2n) is 5.35. The Hall–Kier alpha value is -0.200. The predicted octanol–water partition coefficient (Wildman–Crippen LogP) is 2.01. The van der Waals surface area contributed by atoms with Crippen molar-refractivity contribution < 1.29 is 19.0 Å². The van der Waals surface area contributed by atoms with Crippen molar-refractivity contribution in [1.29, 1.82) is 0 Å². The van der Waals surface area contributed by atoms with Gasteiger partial charge in [0.15, 0.2) is 0 Å². The predicted molar refractivity (Wildman–Crippen MR) is 76.1 cm³/mol. The van der Waals surface area contributed by atoms with Crippen LogP contribution in [0.15, 0.2) is 0 Å². The summed E-state index contributed by atoms with van der Waals surface area (Å²) in [5.74, 6) is 0. The highest BCUT2D eigenvalue weighted by molar-refractivity contribution is 4.79. The molecule has 0 aliphatic carbocycles. The van der Waals surface area contributed by atoms with E-state index < -0.39 is 0 Å². The molecule has 116 valence electrons. The third-order valence-corrected chi connectivity index (χ3v) is 2.58. The minimum absolute atomic E-state index is 0.176. The third kappa shape index (κ3) is 9.35. The van der Waals surface area contributed by atoms with Crippen LogP contribution in [-0.4, -0.2) is 52.3 Å². The lowest BCUT2D eigenvalue weighted by Crippen LogP contribution is -2.44. The van der Waals surface area contributed by atoms with E-state index in [1.807, 2.05) is 34.6 Å². The maximum atomic E-state index is 5.77. The van der Waals surface area contributed by atoms with Crippen molar-refractivity contribution in [2.75, 3.05) is 40.1 Å². The SMILES string of the molecule is CCOCC(CONC)(COC(C)C)COC(C)C. The first-order valence-electron chi connectivity index (χ1n) is 7.05. The molecule has 0 saturated heterocycles. The fraction of sp³-hybridized carbons (Fsp3) is 1.00. The van der Waals surface area contributed by atoms with E-state index in [0.29, 0.717) is 33.0 Å². The average molecular weight is 277 g/mol. The maximum Gasteiger partial charge on any atom is 0.0804 e. The summed E-state index contributed by atoms with van der Waals surface area (Å²) in [5, 5.41) is 0. The van der Waals surface area contributed by atoms with Gasteiger partial charge in [-0.15, -0.1) is 0 Å². The molecule has 0 aliphatic heterocycles. The van der Waals surface area contributed by atoms with E-state index >= 15 is 0 Å². The molecule has 19 heavy (non-hydrogen) atoms. The molecule has 0 atom stereocenters. The highest BCUT2D eigenvalue weighted by Crippen LogP contribution is 2.21. The zero-order chi connectivity index (χ0) is 14.7. The van der Waals surface area contributed by atoms with Crippen LogP contribution in [0.1, 0.15) is 34.6 Å². The van der Waals surface area contributed by atoms with Crippen LogP contribution in [-0.2, 0) is 19.0 Å². The zero-order valence-corrected chi connectivity index (χ0v) is 13.3. The smallest absolute Gasteiger partial charge is 0.0804 e. The van der Waals surface area contributed by atoms with Crippen molar-refractivity contribution in [3.8, 4) is 0 Å². The average Bonchev–Trinajstić information content (AvgIpc) is 2.37. The summed E-state index contributed by atoms with van der Waals surface area (Å²) in [6.07, 6.45) is 0.351. The standard InChI is InChI=1S/C14H31NO4/c1-7-16-8-14(11-19-15-6,9-17-12(2)3)10-18-13(4)5/h12-13,15H,7-11H2,1-6H3. The Kier molecular flexibility index (Phi) is 10.5. The van der Waals surface area contributed by atoms with Crippen molar-refractivity contribution >= 4 is 0 Å². The lowest BCUT2D eigenvalue weighted by molar-refractivity contribution is -0.134. The molecular weight excluding hydrogens is 246 g/mol. The van der Waals surface area contributed by atoms with Gasteiger partial charge in [0.2, 0.25) is 0 Å². The number of ether oxygens (including phenoxy) is 3. The molecule has 0 aromatic heterocycles. The molecule has 0 heterocycles. The van der Waals surface area contributed by atoms with Gasteiger partial charge in [-0.1, -0.05) is 0 Å². The van der Waals surface area contributed by atoms with E-state index in [2.05, 4.69) is 5.48 Å². The molecular formula is C14H31NO4. The monoisotopic (exact) mass is 277 g/mol. The minimum Gasteiger partial charge on any atom is -0.381 e. The lowest BCUT2D eigenvalue weighted by atomic mass is 9.92. The Morgan fingerprint density at radius 3 is 1.79 bits per heavy atom. The van der Waals surface area contributed by atoms with E-state index in [1.165, 1.54) is 0 Å². The van der Waals surface area contributed by atoms with Crippen LogP contribution in [0.3, 0.4) is 0 Å². The second-order valence-corrected chi connectivity index (χ2v) is 5.35. The van der Waals surface area contributed by atoms with Gasteiger partial charge >= 0.3 is 0 Å². The molecule has 1 N–H and O–H groups in total. The molecule has 0 saturated carbocycles. The molecule has 0 rings (SSSR count). The highest BCUT2D eigenvalue weighted by Gasteiger charge is 2.33. The normalized spacial score (nSPS) is 12.6. The molecule has 0 aromatic rings. The molecule has 0 aromatic carbocycles. The number of rotatable bonds is 12. The summed E-state index contributed by atoms with van der Waals surface area (Å²) in [4.78, 5) is 5.37. The summed E-state index contributed by atoms with van der Waals surface area (Å²) in [7, 11) is 1.75. The van der Waals surface area contributed by atoms with Gasteiger partial charge < -0.3 is 19.0 Å². The summed E-state index contributed by atoms with van der Waals surface area (Å²) in [6.45, 7) is 12.9. The summed E-state index contributed by atoms with van der Waals surface area (Å²) < 4.78 is 17.1. The minimum atomic E-state index is -0.284. The Bertz CT molecular complexity index is 188. The Balaban J connectivity index is 4.62. The van der Waals surface area contributed by atoms with Crippen LogP contribution in [0.25, 0.3) is 0 Å². The molecule has 5 heteroatoms. The molecule has 5 nitrogen and oxygen atoms in total. The second kappa shape index (κ2) is 10.6. The molecule has 0 fully saturated rings. The van der Waals surface area contributed by atoms with Gasteiger partial charge in [0.05, 0.1) is 44.1 Å². The van der Waals surface area contributed by atoms with Crippen LogP contribution < -0.4 is 5.48 Å². The van der Waals surface area contributed by atoms with Crippen LogP contribution >= 0.6 is 0 Å². The fourth-order valence-corrected chi connectivity index (χ4v) is 1.48. The lowest BCUT2D eigenvalue weighted by Gasteiger charge is -2.33. The molecule has 0 amide bonds. The van der Waals surface area contributed by atoms with Gasteiger partial charge in [-0.3, -0.25) is 0 Å². The van der Waals surface area contributed by atoms with Crippen molar-refractivity contribution in [2.24, 2.45) is 5.41 Å². The van der Waals surface area contributed by atoms with E-state index in [9.17, 15) is 0 Å². The number of hydrogen-bond acceptors (Lipinski definition) is 5. The summed E-state index contributed by atoms with van der Waals surface area (Å²) in [5.41, 5.74) is 2.42. The van der Waals surface area contributed by atoms with E-state index in [4.69, 9.17) is 19.0 Å². The summed E-state index contributed by atoms with van der Waals surface area (Å²) >= 11 is 0. The molecule has 0 radical (unpaired) electrons. The van der Waals surface area contributed by atoms with E-state index in [-0.39, 0.29) is 17.6 Å². The van der Waals surface area contributed by atoms with Gasteiger partial charge in [0, 0.05) is 13.7 Å². The first kappa shape index (κ1) is 18.8. The van der Waals surface area contributed by atoms with Crippen molar-refractivity contribution in [3.63, 3.8) is 0 Å². The Morgan fingerprint density at radius 2 is 1.42 bits per heavy atom. The molecule has 0 aliphatic rings. The van der Waals surface area contributed by atoms with E-state index in [1.54, 1.807) is 7.05 Å². The maximum absolute atomic E-state index is 5.77. The number of hydrogen-bond donors (Lipinski definition) is 1. The highest BCUT2D eigenvalue weighted by atomic mass is 16.6. The molecule has 0 unspecified atom stereocenters. The van der Waals surface area contributed by atoms with Crippen LogP contribution in [0.5, 0.6) is 0 Å². The van der Waals surface area contributed by atoms with Crippen molar-refractivity contribution in [2.45, 2.75) is 46.8 Å². The largest absolute Gasteiger partial charge is 0.381 e. The van der Waals surface area contributed by atoms with Gasteiger partial charge in [0.1, 0.15) is 0 Å². The van der Waals surface area contributed by atoms with Crippen LogP contribution in [0, 0.1) is 5.41 Å². The fourth-order valence-electron chi connectivity index (χ4n) is 1.48. The molecule has 0 bridgehead atoms. The third-order valence-electron chi connectivity index (χ3n) is 2.58. The topological polar surface area (TPSA) is 49.0 Å². The molecule has 0 spiro atoms. The quantitative estimate of drug-likeness (QED) is 0.553. The zero-order valence-electron chi connectivity index (χ0n) is 13.3. The first-order valence-corrected chi connectivity index (χ1v) is 7.05. The van der Waals surface area contributed by atoms with E-state index in [0.717, 1.165) is 0 Å². The van der Waals surface area contributed by atoms with Crippen molar-refractivity contribution in [1.82, 2.24) is 5.48 Å².